The molecule has 0 aliphatic carbocycles. The highest BCUT2D eigenvalue weighted by Gasteiger charge is 2.32. The maximum Gasteiger partial charge on any atom is 0.416 e. The van der Waals surface area contributed by atoms with Crippen molar-refractivity contribution in [2.24, 2.45) is 0 Å². The monoisotopic (exact) mass is 284 g/mol. The lowest BCUT2D eigenvalue weighted by Gasteiger charge is -2.19. The number of aliphatic hydroxyl groups is 2. The molecule has 0 saturated carbocycles. The summed E-state index contributed by atoms with van der Waals surface area (Å²) in [5.74, 6) is -0.634. The molecule has 1 aromatic rings. The zero-order valence-corrected chi connectivity index (χ0v) is 9.91. The van der Waals surface area contributed by atoms with Crippen LogP contribution in [0.25, 0.3) is 0 Å². The molecule has 1 aromatic carbocycles. The first-order chi connectivity index (χ1) is 8.27. The van der Waals surface area contributed by atoms with Crippen LogP contribution in [0.3, 0.4) is 0 Å². The number of phenols is 1. The summed E-state index contributed by atoms with van der Waals surface area (Å²) in [6.45, 7) is 0. The van der Waals surface area contributed by atoms with Gasteiger partial charge < -0.3 is 15.3 Å². The maximum absolute atomic E-state index is 12.3. The highest BCUT2D eigenvalue weighted by atomic mass is 35.5. The largest absolute Gasteiger partial charge is 0.508 e. The van der Waals surface area contributed by atoms with Crippen LogP contribution in [0.2, 0.25) is 0 Å². The second kappa shape index (κ2) is 5.77. The minimum Gasteiger partial charge on any atom is -0.508 e. The summed E-state index contributed by atoms with van der Waals surface area (Å²) in [7, 11) is 0. The number of halogens is 4. The van der Waals surface area contributed by atoms with Crippen molar-refractivity contribution in [2.75, 3.05) is 5.88 Å². The lowest BCUT2D eigenvalue weighted by atomic mass is 10.00. The predicted octanol–water partition coefficient (Wildman–Crippen LogP) is 2.43. The third kappa shape index (κ3) is 3.51. The van der Waals surface area contributed by atoms with Gasteiger partial charge in [0.2, 0.25) is 0 Å². The van der Waals surface area contributed by atoms with Gasteiger partial charge in [-0.25, -0.2) is 0 Å². The molecule has 0 fully saturated rings. The standard InChI is InChI=1S/C11H12ClF3O3/c12-4-3-8(16)10(18)7-2-1-6(5-9(7)17)11(13,14)15/h1-2,5,8,10,16-18H,3-4H2. The SMILES string of the molecule is Oc1cc(C(F)(F)F)ccc1C(O)C(O)CCCl. The molecule has 0 aliphatic heterocycles. The van der Waals surface area contributed by atoms with Gasteiger partial charge in [0, 0.05) is 11.4 Å². The van der Waals surface area contributed by atoms with E-state index in [0.717, 1.165) is 12.1 Å². The van der Waals surface area contributed by atoms with Gasteiger partial charge in [-0.2, -0.15) is 13.2 Å². The number of benzene rings is 1. The summed E-state index contributed by atoms with van der Waals surface area (Å²) >= 11 is 5.37. The van der Waals surface area contributed by atoms with E-state index in [4.69, 9.17) is 11.6 Å². The zero-order valence-electron chi connectivity index (χ0n) is 9.15. The number of hydrogen-bond acceptors (Lipinski definition) is 3. The molecule has 0 aliphatic rings. The number of aromatic hydroxyl groups is 1. The summed E-state index contributed by atoms with van der Waals surface area (Å²) in [6.07, 6.45) is -7.24. The molecule has 0 heterocycles. The summed E-state index contributed by atoms with van der Waals surface area (Å²) in [6, 6.07) is 2.16. The lowest BCUT2D eigenvalue weighted by molar-refractivity contribution is -0.137. The van der Waals surface area contributed by atoms with E-state index in [1.54, 1.807) is 0 Å². The smallest absolute Gasteiger partial charge is 0.416 e. The Morgan fingerprint density at radius 2 is 1.83 bits per heavy atom. The minimum absolute atomic E-state index is 0.0587. The van der Waals surface area contributed by atoms with Crippen LogP contribution in [-0.2, 0) is 6.18 Å². The van der Waals surface area contributed by atoms with Gasteiger partial charge in [-0.3, -0.25) is 0 Å². The van der Waals surface area contributed by atoms with Crippen molar-refractivity contribution < 1.29 is 28.5 Å². The Bertz CT molecular complexity index is 409. The Morgan fingerprint density at radius 3 is 2.28 bits per heavy atom. The van der Waals surface area contributed by atoms with Crippen LogP contribution in [0, 0.1) is 0 Å². The van der Waals surface area contributed by atoms with E-state index < -0.39 is 29.7 Å². The molecule has 0 radical (unpaired) electrons. The molecule has 0 saturated heterocycles. The van der Waals surface area contributed by atoms with E-state index in [1.807, 2.05) is 0 Å². The van der Waals surface area contributed by atoms with E-state index in [1.165, 1.54) is 0 Å². The Morgan fingerprint density at radius 1 is 1.22 bits per heavy atom. The van der Waals surface area contributed by atoms with Gasteiger partial charge in [0.15, 0.2) is 0 Å². The first-order valence-electron chi connectivity index (χ1n) is 5.09. The third-order valence-corrected chi connectivity index (χ3v) is 2.66. The highest BCUT2D eigenvalue weighted by Crippen LogP contribution is 2.35. The van der Waals surface area contributed by atoms with Crippen LogP contribution >= 0.6 is 11.6 Å². The second-order valence-electron chi connectivity index (χ2n) is 3.76. The van der Waals surface area contributed by atoms with Crippen molar-refractivity contribution in [3.05, 3.63) is 29.3 Å². The zero-order chi connectivity index (χ0) is 13.9. The van der Waals surface area contributed by atoms with Crippen molar-refractivity contribution in [1.29, 1.82) is 0 Å². The number of aliphatic hydroxyl groups excluding tert-OH is 2. The van der Waals surface area contributed by atoms with E-state index in [-0.39, 0.29) is 17.9 Å². The van der Waals surface area contributed by atoms with Gasteiger partial charge in [0.05, 0.1) is 11.7 Å². The van der Waals surface area contributed by atoms with Crippen LogP contribution in [0.15, 0.2) is 18.2 Å². The molecule has 0 aromatic heterocycles. The Labute approximate surface area is 106 Å². The topological polar surface area (TPSA) is 60.7 Å². The summed E-state index contributed by atoms with van der Waals surface area (Å²) in [5.41, 5.74) is -1.19. The van der Waals surface area contributed by atoms with Crippen LogP contribution in [-0.4, -0.2) is 27.3 Å². The average molecular weight is 285 g/mol. The molecule has 2 unspecified atom stereocenters. The third-order valence-electron chi connectivity index (χ3n) is 2.45. The van der Waals surface area contributed by atoms with Gasteiger partial charge in [0.25, 0.3) is 0 Å². The molecule has 1 rings (SSSR count). The Kier molecular flexibility index (Phi) is 4.84. The fourth-order valence-electron chi connectivity index (χ4n) is 1.45. The van der Waals surface area contributed by atoms with Crippen LogP contribution in [0.4, 0.5) is 13.2 Å². The minimum atomic E-state index is -4.57. The van der Waals surface area contributed by atoms with Gasteiger partial charge in [-0.15, -0.1) is 11.6 Å². The molecule has 102 valence electrons. The molecule has 7 heteroatoms. The maximum atomic E-state index is 12.3. The highest BCUT2D eigenvalue weighted by molar-refractivity contribution is 6.17. The Balaban J connectivity index is 2.99. The second-order valence-corrected chi connectivity index (χ2v) is 4.14. The van der Waals surface area contributed by atoms with Gasteiger partial charge in [-0.1, -0.05) is 6.07 Å². The van der Waals surface area contributed by atoms with Crippen LogP contribution in [0.5, 0.6) is 5.75 Å². The predicted molar refractivity (Wildman–Crippen MR) is 59.4 cm³/mol. The molecule has 0 amide bonds. The number of alkyl halides is 4. The molecule has 2 atom stereocenters. The normalized spacial score (nSPS) is 15.4. The van der Waals surface area contributed by atoms with E-state index in [9.17, 15) is 28.5 Å². The van der Waals surface area contributed by atoms with E-state index in [2.05, 4.69) is 0 Å². The van der Waals surface area contributed by atoms with Gasteiger partial charge in [-0.05, 0) is 18.6 Å². The average Bonchev–Trinajstić information content (AvgIpc) is 2.27. The van der Waals surface area contributed by atoms with Crippen LogP contribution < -0.4 is 0 Å². The molecule has 0 spiro atoms. The summed E-state index contributed by atoms with van der Waals surface area (Å²) < 4.78 is 37.0. The van der Waals surface area contributed by atoms with Crippen LogP contribution in [0.1, 0.15) is 23.7 Å². The molecule has 3 N–H and O–H groups in total. The van der Waals surface area contributed by atoms with Crippen molar-refractivity contribution >= 4 is 11.6 Å². The van der Waals surface area contributed by atoms with E-state index >= 15 is 0 Å². The van der Waals surface area contributed by atoms with E-state index in [0.29, 0.717) is 6.07 Å². The fraction of sp³-hybridized carbons (Fsp3) is 0.455. The van der Waals surface area contributed by atoms with Crippen molar-refractivity contribution in [3.63, 3.8) is 0 Å². The molecular formula is C11H12ClF3O3. The van der Waals surface area contributed by atoms with Crippen molar-refractivity contribution in [3.8, 4) is 5.75 Å². The summed E-state index contributed by atoms with van der Waals surface area (Å²) in [5, 5.41) is 28.5. The number of rotatable bonds is 4. The molecule has 0 bridgehead atoms. The number of hydrogen-bond donors (Lipinski definition) is 3. The Hall–Kier alpha value is -0.980. The lowest BCUT2D eigenvalue weighted by Crippen LogP contribution is -2.19. The first-order valence-corrected chi connectivity index (χ1v) is 5.63. The first kappa shape index (κ1) is 15.1. The van der Waals surface area contributed by atoms with Gasteiger partial charge >= 0.3 is 6.18 Å². The quantitative estimate of drug-likeness (QED) is 0.744. The molecule has 3 nitrogen and oxygen atoms in total. The molecule has 18 heavy (non-hydrogen) atoms. The van der Waals surface area contributed by atoms with Gasteiger partial charge in [0.1, 0.15) is 11.9 Å². The summed E-state index contributed by atoms with van der Waals surface area (Å²) in [4.78, 5) is 0. The fourth-order valence-corrected chi connectivity index (χ4v) is 1.67. The number of phenolic OH excluding ortho intramolecular Hbond substituents is 1. The van der Waals surface area contributed by atoms with Crippen molar-refractivity contribution in [1.82, 2.24) is 0 Å². The van der Waals surface area contributed by atoms with Crippen molar-refractivity contribution in [2.45, 2.75) is 24.8 Å². The molecular weight excluding hydrogens is 273 g/mol.